The molecule has 0 bridgehead atoms. The van der Waals surface area contributed by atoms with Crippen LogP contribution in [-0.2, 0) is 30.7 Å². The van der Waals surface area contributed by atoms with Gasteiger partial charge in [0, 0.05) is 19.2 Å². The van der Waals surface area contributed by atoms with E-state index in [4.69, 9.17) is 5.73 Å². The van der Waals surface area contributed by atoms with Crippen LogP contribution in [0.5, 0.6) is 0 Å². The van der Waals surface area contributed by atoms with Crippen LogP contribution in [0.2, 0.25) is 0 Å². The lowest BCUT2D eigenvalue weighted by molar-refractivity contribution is -0.116. The van der Waals surface area contributed by atoms with Crippen LogP contribution in [0.15, 0.2) is 66.7 Å². The second-order valence-corrected chi connectivity index (χ2v) is 7.08. The van der Waals surface area contributed by atoms with Crippen molar-refractivity contribution in [3.05, 3.63) is 89.0 Å². The fourth-order valence-electron chi connectivity index (χ4n) is 3.96. The van der Waals surface area contributed by atoms with Crippen molar-refractivity contribution in [2.24, 2.45) is 5.73 Å². The first-order valence-corrected chi connectivity index (χ1v) is 9.43. The Hall–Kier alpha value is -2.91. The summed E-state index contributed by atoms with van der Waals surface area (Å²) in [6, 6.07) is 23.1. The maximum atomic E-state index is 12.4. The van der Waals surface area contributed by atoms with Gasteiger partial charge in [-0.15, -0.1) is 0 Å². The molecule has 4 rings (SSSR count). The van der Waals surface area contributed by atoms with Gasteiger partial charge in [0.05, 0.1) is 6.54 Å². The molecule has 0 saturated heterocycles. The van der Waals surface area contributed by atoms with Gasteiger partial charge in [0.25, 0.3) is 0 Å². The SMILES string of the molecule is CC(=O)N1Cc2cc(-c3ccccc3CN)ccc2CCc2ccccc21. The number of nitrogens with two attached hydrogens (primary N) is 1. The summed E-state index contributed by atoms with van der Waals surface area (Å²) in [5.74, 6) is 0.0723. The molecule has 0 aromatic heterocycles. The Labute approximate surface area is 160 Å². The van der Waals surface area contributed by atoms with Gasteiger partial charge < -0.3 is 10.6 Å². The van der Waals surface area contributed by atoms with Gasteiger partial charge in [-0.25, -0.2) is 0 Å². The van der Waals surface area contributed by atoms with Gasteiger partial charge in [-0.1, -0.05) is 54.6 Å². The molecule has 1 aliphatic rings. The third-order valence-corrected chi connectivity index (χ3v) is 5.41. The zero-order chi connectivity index (χ0) is 18.8. The number of benzene rings is 3. The first-order chi connectivity index (χ1) is 13.2. The van der Waals surface area contributed by atoms with Gasteiger partial charge in [0.1, 0.15) is 0 Å². The van der Waals surface area contributed by atoms with E-state index < -0.39 is 0 Å². The molecule has 0 aliphatic carbocycles. The number of nitrogens with zero attached hydrogens (tertiary/aromatic N) is 1. The van der Waals surface area contributed by atoms with Gasteiger partial charge in [-0.2, -0.15) is 0 Å². The summed E-state index contributed by atoms with van der Waals surface area (Å²) < 4.78 is 0. The van der Waals surface area contributed by atoms with E-state index in [1.165, 1.54) is 22.3 Å². The van der Waals surface area contributed by atoms with Crippen LogP contribution in [0, 0.1) is 0 Å². The van der Waals surface area contributed by atoms with Crippen molar-refractivity contribution in [2.75, 3.05) is 4.90 Å². The number of amides is 1. The van der Waals surface area contributed by atoms with Crippen LogP contribution < -0.4 is 10.6 Å². The highest BCUT2D eigenvalue weighted by Gasteiger charge is 2.20. The summed E-state index contributed by atoms with van der Waals surface area (Å²) in [6.07, 6.45) is 1.92. The van der Waals surface area contributed by atoms with Crippen LogP contribution >= 0.6 is 0 Å². The summed E-state index contributed by atoms with van der Waals surface area (Å²) in [6.45, 7) is 2.76. The quantitative estimate of drug-likeness (QED) is 0.737. The topological polar surface area (TPSA) is 46.3 Å². The lowest BCUT2D eigenvalue weighted by atomic mass is 9.91. The predicted octanol–water partition coefficient (Wildman–Crippen LogP) is 4.46. The maximum Gasteiger partial charge on any atom is 0.224 e. The van der Waals surface area contributed by atoms with Crippen LogP contribution in [0.1, 0.15) is 29.2 Å². The van der Waals surface area contributed by atoms with Crippen molar-refractivity contribution < 1.29 is 4.79 Å². The molecule has 3 aromatic rings. The molecular weight excluding hydrogens is 332 g/mol. The Balaban J connectivity index is 1.79. The van der Waals surface area contributed by atoms with E-state index in [1.54, 1.807) is 6.92 Å². The Morgan fingerprint density at radius 3 is 2.48 bits per heavy atom. The van der Waals surface area contributed by atoms with E-state index in [2.05, 4.69) is 42.5 Å². The van der Waals surface area contributed by atoms with Crippen molar-refractivity contribution in [1.82, 2.24) is 0 Å². The zero-order valence-corrected chi connectivity index (χ0v) is 15.6. The number of anilines is 1. The van der Waals surface area contributed by atoms with Gasteiger partial charge in [0.2, 0.25) is 5.91 Å². The van der Waals surface area contributed by atoms with E-state index >= 15 is 0 Å². The maximum absolute atomic E-state index is 12.4. The highest BCUT2D eigenvalue weighted by atomic mass is 16.2. The molecule has 136 valence electrons. The average molecular weight is 356 g/mol. The summed E-state index contributed by atoms with van der Waals surface area (Å²) in [4.78, 5) is 14.3. The Bertz CT molecular complexity index is 993. The summed E-state index contributed by atoms with van der Waals surface area (Å²) >= 11 is 0. The van der Waals surface area contributed by atoms with E-state index in [0.717, 1.165) is 29.7 Å². The number of hydrogen-bond donors (Lipinski definition) is 1. The monoisotopic (exact) mass is 356 g/mol. The fourth-order valence-corrected chi connectivity index (χ4v) is 3.96. The first-order valence-electron chi connectivity index (χ1n) is 9.43. The summed E-state index contributed by atoms with van der Waals surface area (Å²) in [7, 11) is 0. The van der Waals surface area contributed by atoms with Crippen molar-refractivity contribution >= 4 is 11.6 Å². The number of para-hydroxylation sites is 1. The highest BCUT2D eigenvalue weighted by molar-refractivity contribution is 5.92. The zero-order valence-electron chi connectivity index (χ0n) is 15.6. The Morgan fingerprint density at radius 2 is 1.67 bits per heavy atom. The third kappa shape index (κ3) is 3.38. The van der Waals surface area contributed by atoms with E-state index in [9.17, 15) is 4.79 Å². The van der Waals surface area contributed by atoms with Crippen LogP contribution in [-0.4, -0.2) is 5.91 Å². The van der Waals surface area contributed by atoms with Crippen molar-refractivity contribution in [1.29, 1.82) is 0 Å². The second kappa shape index (κ2) is 7.37. The minimum Gasteiger partial charge on any atom is -0.326 e. The van der Waals surface area contributed by atoms with E-state index in [1.807, 2.05) is 29.2 Å². The molecule has 27 heavy (non-hydrogen) atoms. The number of fused-ring (bicyclic) bond motifs is 2. The van der Waals surface area contributed by atoms with E-state index in [-0.39, 0.29) is 5.91 Å². The largest absolute Gasteiger partial charge is 0.326 e. The second-order valence-electron chi connectivity index (χ2n) is 7.08. The van der Waals surface area contributed by atoms with Gasteiger partial charge in [-0.05, 0) is 58.4 Å². The van der Waals surface area contributed by atoms with Gasteiger partial charge >= 0.3 is 0 Å². The van der Waals surface area contributed by atoms with Crippen molar-refractivity contribution in [3.63, 3.8) is 0 Å². The van der Waals surface area contributed by atoms with Crippen LogP contribution in [0.4, 0.5) is 5.69 Å². The normalized spacial score (nSPS) is 13.3. The molecular formula is C24H24N2O. The molecule has 0 saturated carbocycles. The van der Waals surface area contributed by atoms with Gasteiger partial charge in [-0.3, -0.25) is 4.79 Å². The number of aryl methyl sites for hydroxylation is 2. The first kappa shape index (κ1) is 17.5. The summed E-state index contributed by atoms with van der Waals surface area (Å²) in [5.41, 5.74) is 14.2. The number of carbonyl (C=O) groups excluding carboxylic acids is 1. The van der Waals surface area contributed by atoms with Gasteiger partial charge in [0.15, 0.2) is 0 Å². The molecule has 1 amide bonds. The number of carbonyl (C=O) groups is 1. The smallest absolute Gasteiger partial charge is 0.224 e. The molecule has 2 N–H and O–H groups in total. The third-order valence-electron chi connectivity index (χ3n) is 5.41. The molecule has 0 radical (unpaired) electrons. The molecule has 3 heteroatoms. The van der Waals surface area contributed by atoms with Crippen molar-refractivity contribution in [3.8, 4) is 11.1 Å². The molecule has 0 unspecified atom stereocenters. The molecule has 0 fully saturated rings. The number of hydrogen-bond acceptors (Lipinski definition) is 2. The highest BCUT2D eigenvalue weighted by Crippen LogP contribution is 2.31. The minimum atomic E-state index is 0.0723. The fraction of sp³-hybridized carbons (Fsp3) is 0.208. The number of rotatable bonds is 2. The average Bonchev–Trinajstić information content (AvgIpc) is 2.69. The Morgan fingerprint density at radius 1 is 0.926 bits per heavy atom. The molecule has 3 nitrogen and oxygen atoms in total. The molecule has 0 atom stereocenters. The molecule has 1 aliphatic heterocycles. The lowest BCUT2D eigenvalue weighted by Crippen LogP contribution is -2.30. The van der Waals surface area contributed by atoms with Crippen molar-refractivity contribution in [2.45, 2.75) is 32.9 Å². The Kier molecular flexibility index (Phi) is 4.78. The van der Waals surface area contributed by atoms with E-state index in [0.29, 0.717) is 13.1 Å². The summed E-state index contributed by atoms with van der Waals surface area (Å²) in [5, 5.41) is 0. The molecule has 3 aromatic carbocycles. The van der Waals surface area contributed by atoms with Crippen LogP contribution in [0.3, 0.4) is 0 Å². The van der Waals surface area contributed by atoms with Crippen LogP contribution in [0.25, 0.3) is 11.1 Å². The minimum absolute atomic E-state index is 0.0723. The predicted molar refractivity (Wildman–Crippen MR) is 110 cm³/mol. The molecule has 0 spiro atoms. The molecule has 1 heterocycles. The lowest BCUT2D eigenvalue weighted by Gasteiger charge is -2.28. The standard InChI is InChI=1S/C24H24N2O/c1-17(27)26-16-22-14-20(23-8-4-2-7-21(23)15-25)13-11-18(22)10-12-19-6-3-5-9-24(19)26/h2-9,11,13-14H,10,12,15-16,25H2,1H3.